The average molecular weight is 226 g/mol. The van der Waals surface area contributed by atoms with Gasteiger partial charge in [0.25, 0.3) is 0 Å². The van der Waals surface area contributed by atoms with Gasteiger partial charge >= 0.3 is 0 Å². The van der Waals surface area contributed by atoms with Crippen molar-refractivity contribution in [1.29, 1.82) is 0 Å². The molecule has 0 saturated carbocycles. The zero-order valence-electron chi connectivity index (χ0n) is 10.3. The minimum atomic E-state index is 0.823. The molecular formula is C15H18N2. The number of rotatable bonds is 3. The fourth-order valence-electron chi connectivity index (χ4n) is 1.82. The number of anilines is 3. The van der Waals surface area contributed by atoms with Crippen molar-refractivity contribution in [1.82, 2.24) is 0 Å². The van der Waals surface area contributed by atoms with Gasteiger partial charge in [0.1, 0.15) is 0 Å². The molecule has 0 aliphatic rings. The van der Waals surface area contributed by atoms with Crippen LogP contribution in [0.3, 0.4) is 0 Å². The normalized spacial score (nSPS) is 10.2. The summed E-state index contributed by atoms with van der Waals surface area (Å²) in [5.74, 6) is 0. The van der Waals surface area contributed by atoms with E-state index in [0.717, 1.165) is 29.0 Å². The Morgan fingerprint density at radius 2 is 1.88 bits per heavy atom. The molecule has 0 atom stereocenters. The van der Waals surface area contributed by atoms with Crippen molar-refractivity contribution in [2.24, 2.45) is 0 Å². The van der Waals surface area contributed by atoms with Crippen LogP contribution in [-0.2, 0) is 6.42 Å². The smallest absolute Gasteiger partial charge is 0.0416 e. The van der Waals surface area contributed by atoms with Gasteiger partial charge in [-0.1, -0.05) is 31.2 Å². The molecule has 3 N–H and O–H groups in total. The Morgan fingerprint density at radius 1 is 1.12 bits per heavy atom. The molecule has 0 aliphatic carbocycles. The highest BCUT2D eigenvalue weighted by molar-refractivity contribution is 5.67. The first-order chi connectivity index (χ1) is 8.20. The number of para-hydroxylation sites is 1. The third kappa shape index (κ3) is 2.59. The van der Waals surface area contributed by atoms with Gasteiger partial charge in [-0.05, 0) is 42.7 Å². The first-order valence-electron chi connectivity index (χ1n) is 5.91. The van der Waals surface area contributed by atoms with Crippen LogP contribution in [0.1, 0.15) is 18.1 Å². The molecule has 0 aromatic heterocycles. The summed E-state index contributed by atoms with van der Waals surface area (Å²) < 4.78 is 0. The summed E-state index contributed by atoms with van der Waals surface area (Å²) in [6, 6.07) is 14.4. The van der Waals surface area contributed by atoms with E-state index >= 15 is 0 Å². The standard InChI is InChI=1S/C15H18N2/c1-3-12-6-4-5-7-15(12)17-13-9-8-11(2)14(16)10-13/h4-10,17H,3,16H2,1-2H3. The number of nitrogen functional groups attached to an aromatic ring is 1. The molecule has 2 nitrogen and oxygen atoms in total. The van der Waals surface area contributed by atoms with Crippen LogP contribution in [0.15, 0.2) is 42.5 Å². The predicted molar refractivity (Wildman–Crippen MR) is 74.7 cm³/mol. The van der Waals surface area contributed by atoms with E-state index in [9.17, 15) is 0 Å². The summed E-state index contributed by atoms with van der Waals surface area (Å²) in [6.07, 6.45) is 1.02. The highest BCUT2D eigenvalue weighted by Crippen LogP contribution is 2.23. The van der Waals surface area contributed by atoms with Gasteiger partial charge < -0.3 is 11.1 Å². The van der Waals surface area contributed by atoms with Crippen LogP contribution in [-0.4, -0.2) is 0 Å². The van der Waals surface area contributed by atoms with Crippen LogP contribution in [0.4, 0.5) is 17.1 Å². The monoisotopic (exact) mass is 226 g/mol. The summed E-state index contributed by atoms with van der Waals surface area (Å²) in [6.45, 7) is 4.17. The Hall–Kier alpha value is -1.96. The van der Waals surface area contributed by atoms with Gasteiger partial charge in [-0.3, -0.25) is 0 Å². The Labute approximate surface area is 102 Å². The minimum absolute atomic E-state index is 0.823. The van der Waals surface area contributed by atoms with Gasteiger partial charge in [-0.2, -0.15) is 0 Å². The molecule has 0 aliphatic heterocycles. The van der Waals surface area contributed by atoms with E-state index in [2.05, 4.69) is 36.5 Å². The Morgan fingerprint density at radius 3 is 2.59 bits per heavy atom. The SMILES string of the molecule is CCc1ccccc1Nc1ccc(C)c(N)c1. The van der Waals surface area contributed by atoms with Crippen LogP contribution >= 0.6 is 0 Å². The number of nitrogens with two attached hydrogens (primary N) is 1. The maximum absolute atomic E-state index is 5.90. The van der Waals surface area contributed by atoms with Crippen molar-refractivity contribution < 1.29 is 0 Å². The van der Waals surface area contributed by atoms with E-state index in [4.69, 9.17) is 5.73 Å². The molecule has 88 valence electrons. The van der Waals surface area contributed by atoms with Gasteiger partial charge in [0.2, 0.25) is 0 Å². The van der Waals surface area contributed by atoms with Crippen LogP contribution in [0.2, 0.25) is 0 Å². The van der Waals surface area contributed by atoms with Crippen LogP contribution in [0.25, 0.3) is 0 Å². The molecule has 0 radical (unpaired) electrons. The lowest BCUT2D eigenvalue weighted by Gasteiger charge is -2.12. The minimum Gasteiger partial charge on any atom is -0.398 e. The lowest BCUT2D eigenvalue weighted by molar-refractivity contribution is 1.14. The largest absolute Gasteiger partial charge is 0.398 e. The Bertz CT molecular complexity index is 518. The van der Waals surface area contributed by atoms with Crippen molar-refractivity contribution >= 4 is 17.1 Å². The molecule has 2 rings (SSSR count). The molecule has 17 heavy (non-hydrogen) atoms. The molecule has 2 aromatic carbocycles. The molecule has 0 heterocycles. The molecule has 0 fully saturated rings. The zero-order chi connectivity index (χ0) is 12.3. The third-order valence-electron chi connectivity index (χ3n) is 2.96. The highest BCUT2D eigenvalue weighted by atomic mass is 14.9. The first kappa shape index (κ1) is 11.5. The van der Waals surface area contributed by atoms with E-state index in [1.807, 2.05) is 25.1 Å². The van der Waals surface area contributed by atoms with Gasteiger partial charge in [0.15, 0.2) is 0 Å². The van der Waals surface area contributed by atoms with Crippen molar-refractivity contribution in [3.05, 3.63) is 53.6 Å². The highest BCUT2D eigenvalue weighted by Gasteiger charge is 2.01. The third-order valence-corrected chi connectivity index (χ3v) is 2.96. The fraction of sp³-hybridized carbons (Fsp3) is 0.200. The molecule has 0 unspecified atom stereocenters. The molecule has 0 amide bonds. The maximum atomic E-state index is 5.90. The average Bonchev–Trinajstić information content (AvgIpc) is 2.34. The Kier molecular flexibility index (Phi) is 3.33. The summed E-state index contributed by atoms with van der Waals surface area (Å²) >= 11 is 0. The zero-order valence-corrected chi connectivity index (χ0v) is 10.3. The molecule has 0 spiro atoms. The number of aryl methyl sites for hydroxylation is 2. The molecule has 0 saturated heterocycles. The second-order valence-corrected chi connectivity index (χ2v) is 4.21. The predicted octanol–water partition coefficient (Wildman–Crippen LogP) is 3.88. The van der Waals surface area contributed by atoms with E-state index in [-0.39, 0.29) is 0 Å². The topological polar surface area (TPSA) is 38.0 Å². The molecule has 2 aromatic rings. The van der Waals surface area contributed by atoms with Gasteiger partial charge in [0, 0.05) is 17.1 Å². The van der Waals surface area contributed by atoms with Crippen LogP contribution in [0, 0.1) is 6.92 Å². The lowest BCUT2D eigenvalue weighted by Crippen LogP contribution is -1.97. The number of hydrogen-bond acceptors (Lipinski definition) is 2. The van der Waals surface area contributed by atoms with E-state index < -0.39 is 0 Å². The summed E-state index contributed by atoms with van der Waals surface area (Å²) in [5.41, 5.74) is 11.3. The van der Waals surface area contributed by atoms with E-state index in [0.29, 0.717) is 0 Å². The second-order valence-electron chi connectivity index (χ2n) is 4.21. The first-order valence-corrected chi connectivity index (χ1v) is 5.91. The fourth-order valence-corrected chi connectivity index (χ4v) is 1.82. The summed E-state index contributed by atoms with van der Waals surface area (Å²) in [5, 5.41) is 3.41. The number of nitrogens with one attached hydrogen (secondary N) is 1. The van der Waals surface area contributed by atoms with Crippen molar-refractivity contribution in [2.45, 2.75) is 20.3 Å². The summed E-state index contributed by atoms with van der Waals surface area (Å²) in [7, 11) is 0. The van der Waals surface area contributed by atoms with E-state index in [1.54, 1.807) is 0 Å². The lowest BCUT2D eigenvalue weighted by atomic mass is 10.1. The maximum Gasteiger partial charge on any atom is 0.0416 e. The van der Waals surface area contributed by atoms with Gasteiger partial charge in [0.05, 0.1) is 0 Å². The van der Waals surface area contributed by atoms with E-state index in [1.165, 1.54) is 5.56 Å². The van der Waals surface area contributed by atoms with Crippen molar-refractivity contribution in [3.8, 4) is 0 Å². The number of benzene rings is 2. The van der Waals surface area contributed by atoms with Crippen LogP contribution < -0.4 is 11.1 Å². The van der Waals surface area contributed by atoms with Gasteiger partial charge in [-0.15, -0.1) is 0 Å². The summed E-state index contributed by atoms with van der Waals surface area (Å²) in [4.78, 5) is 0. The van der Waals surface area contributed by atoms with Gasteiger partial charge in [-0.25, -0.2) is 0 Å². The van der Waals surface area contributed by atoms with Crippen LogP contribution in [0.5, 0.6) is 0 Å². The quantitative estimate of drug-likeness (QED) is 0.779. The molecule has 0 bridgehead atoms. The molecule has 2 heteroatoms. The van der Waals surface area contributed by atoms with Crippen molar-refractivity contribution in [2.75, 3.05) is 11.1 Å². The Balaban J connectivity index is 2.28. The number of hydrogen-bond donors (Lipinski definition) is 2. The molecular weight excluding hydrogens is 208 g/mol. The van der Waals surface area contributed by atoms with Crippen molar-refractivity contribution in [3.63, 3.8) is 0 Å². The second kappa shape index (κ2) is 4.91.